The summed E-state index contributed by atoms with van der Waals surface area (Å²) in [7, 11) is 0. The van der Waals surface area contributed by atoms with Crippen LogP contribution in [-0.4, -0.2) is 11.6 Å². The highest BCUT2D eigenvalue weighted by molar-refractivity contribution is 6.45. The fourth-order valence-electron chi connectivity index (χ4n) is 1.73. The molecule has 0 N–H and O–H groups in total. The monoisotopic (exact) mass is 326 g/mol. The van der Waals surface area contributed by atoms with Gasteiger partial charge in [0.25, 0.3) is 0 Å². The van der Waals surface area contributed by atoms with E-state index < -0.39 is 5.78 Å². The lowest BCUT2D eigenvalue weighted by Crippen LogP contribution is -2.09. The van der Waals surface area contributed by atoms with E-state index in [0.29, 0.717) is 10.6 Å². The molecule has 5 heteroatoms. The lowest BCUT2D eigenvalue weighted by atomic mass is 10.0. The van der Waals surface area contributed by atoms with Crippen molar-refractivity contribution in [3.63, 3.8) is 0 Å². The van der Waals surface area contributed by atoms with E-state index in [4.69, 9.17) is 34.8 Å². The summed E-state index contributed by atoms with van der Waals surface area (Å²) in [5.74, 6) is -0.684. The summed E-state index contributed by atoms with van der Waals surface area (Å²) in [6.45, 7) is 0. The van der Waals surface area contributed by atoms with Crippen LogP contribution in [0.25, 0.3) is 0 Å². The second-order valence-corrected chi connectivity index (χ2v) is 5.36. The van der Waals surface area contributed by atoms with Gasteiger partial charge in [0, 0.05) is 16.1 Å². The molecule has 2 nitrogen and oxygen atoms in total. The third-order valence-corrected chi connectivity index (χ3v) is 3.73. The van der Waals surface area contributed by atoms with Crippen molar-refractivity contribution in [2.45, 2.75) is 6.42 Å². The fraction of sp³-hybridized carbons (Fsp3) is 0.0667. The van der Waals surface area contributed by atoms with Crippen molar-refractivity contribution < 1.29 is 9.59 Å². The van der Waals surface area contributed by atoms with Crippen LogP contribution in [0, 0.1) is 0 Å². The first kappa shape index (κ1) is 15.0. The van der Waals surface area contributed by atoms with Crippen LogP contribution < -0.4 is 0 Å². The number of benzene rings is 2. The van der Waals surface area contributed by atoms with E-state index in [1.165, 1.54) is 12.1 Å². The highest BCUT2D eigenvalue weighted by atomic mass is 35.5. The van der Waals surface area contributed by atoms with Gasteiger partial charge in [0.05, 0.1) is 16.5 Å². The summed E-state index contributed by atoms with van der Waals surface area (Å²) in [5, 5.41) is 0.603. The van der Waals surface area contributed by atoms with Crippen molar-refractivity contribution in [2.24, 2.45) is 0 Å². The van der Waals surface area contributed by atoms with Crippen LogP contribution in [0.2, 0.25) is 15.1 Å². The number of hydrogen-bond donors (Lipinski definition) is 0. The molecule has 2 rings (SSSR count). The number of hydrogen-bond acceptors (Lipinski definition) is 2. The van der Waals surface area contributed by atoms with Gasteiger partial charge in [0.2, 0.25) is 0 Å². The van der Waals surface area contributed by atoms with Gasteiger partial charge in [0.1, 0.15) is 0 Å². The quantitative estimate of drug-likeness (QED) is 0.444. The van der Waals surface area contributed by atoms with Gasteiger partial charge in [0.15, 0.2) is 11.6 Å². The van der Waals surface area contributed by atoms with Gasteiger partial charge >= 0.3 is 0 Å². The molecule has 0 aliphatic carbocycles. The second-order valence-electron chi connectivity index (χ2n) is 4.14. The molecule has 2 aromatic rings. The minimum Gasteiger partial charge on any atom is -0.294 e. The lowest BCUT2D eigenvalue weighted by molar-refractivity contribution is 0.0894. The van der Waals surface area contributed by atoms with Crippen LogP contribution in [0.15, 0.2) is 42.5 Å². The second kappa shape index (κ2) is 6.40. The Hall–Kier alpha value is -1.35. The molecule has 0 saturated heterocycles. The highest BCUT2D eigenvalue weighted by Crippen LogP contribution is 2.30. The summed E-state index contributed by atoms with van der Waals surface area (Å²) in [6, 6.07) is 11.4. The standard InChI is InChI=1S/C15H9Cl3O2/c16-10-6-11(15(18)12(17)7-10)14(20)8-13(19)9-4-2-1-3-5-9/h1-7H,8H2. The van der Waals surface area contributed by atoms with Gasteiger partial charge in [-0.15, -0.1) is 0 Å². The minimum absolute atomic E-state index is 0.113. The molecule has 0 bridgehead atoms. The zero-order valence-corrected chi connectivity index (χ0v) is 12.5. The molecule has 0 aliphatic rings. The Kier molecular flexibility index (Phi) is 4.81. The molecule has 0 atom stereocenters. The van der Waals surface area contributed by atoms with E-state index in [9.17, 15) is 9.59 Å². The molecule has 0 amide bonds. The molecule has 0 spiro atoms. The topological polar surface area (TPSA) is 34.1 Å². The number of halogens is 3. The third-order valence-electron chi connectivity index (χ3n) is 2.71. The van der Waals surface area contributed by atoms with Crippen molar-refractivity contribution >= 4 is 46.4 Å². The number of carbonyl (C=O) groups excluding carboxylic acids is 2. The van der Waals surface area contributed by atoms with Crippen molar-refractivity contribution in [3.05, 3.63) is 68.7 Å². The van der Waals surface area contributed by atoms with Crippen LogP contribution in [0.4, 0.5) is 0 Å². The van der Waals surface area contributed by atoms with E-state index in [1.54, 1.807) is 30.3 Å². The first-order valence-electron chi connectivity index (χ1n) is 5.75. The maximum atomic E-state index is 12.1. The Labute approximate surface area is 131 Å². The highest BCUT2D eigenvalue weighted by Gasteiger charge is 2.18. The summed E-state index contributed by atoms with van der Waals surface area (Å²) in [4.78, 5) is 24.1. The normalized spacial score (nSPS) is 10.3. The first-order chi connectivity index (χ1) is 9.49. The Balaban J connectivity index is 2.23. The van der Waals surface area contributed by atoms with E-state index in [2.05, 4.69) is 0 Å². The number of carbonyl (C=O) groups is 2. The zero-order valence-electron chi connectivity index (χ0n) is 10.2. The molecule has 0 heterocycles. The van der Waals surface area contributed by atoms with E-state index in [-0.39, 0.29) is 27.8 Å². The van der Waals surface area contributed by atoms with Crippen molar-refractivity contribution in [1.82, 2.24) is 0 Å². The average molecular weight is 328 g/mol. The van der Waals surface area contributed by atoms with E-state index >= 15 is 0 Å². The number of rotatable bonds is 4. The molecule has 0 unspecified atom stereocenters. The van der Waals surface area contributed by atoms with Gasteiger partial charge in [-0.2, -0.15) is 0 Å². The number of Topliss-reactive ketones (excluding diaryl/α,β-unsaturated/α-hetero) is 2. The molecule has 0 aromatic heterocycles. The summed E-state index contributed by atoms with van der Waals surface area (Å²) in [6.07, 6.45) is -0.277. The summed E-state index contributed by atoms with van der Waals surface area (Å²) in [5.41, 5.74) is 0.638. The van der Waals surface area contributed by atoms with Crippen molar-refractivity contribution in [2.75, 3.05) is 0 Å². The third kappa shape index (κ3) is 3.40. The van der Waals surface area contributed by atoms with Crippen LogP contribution in [0.3, 0.4) is 0 Å². The first-order valence-corrected chi connectivity index (χ1v) is 6.88. The van der Waals surface area contributed by atoms with Gasteiger partial charge in [-0.05, 0) is 12.1 Å². The Morgan fingerprint density at radius 1 is 0.900 bits per heavy atom. The maximum absolute atomic E-state index is 12.1. The van der Waals surface area contributed by atoms with Crippen molar-refractivity contribution in [1.29, 1.82) is 0 Å². The van der Waals surface area contributed by atoms with Gasteiger partial charge in [-0.1, -0.05) is 65.1 Å². The Morgan fingerprint density at radius 3 is 2.20 bits per heavy atom. The van der Waals surface area contributed by atoms with E-state index in [1.807, 2.05) is 0 Å². The molecule has 2 aromatic carbocycles. The molecular weight excluding hydrogens is 319 g/mol. The predicted molar refractivity (Wildman–Crippen MR) is 81.2 cm³/mol. The minimum atomic E-state index is -0.409. The SMILES string of the molecule is O=C(CC(=O)c1cc(Cl)cc(Cl)c1Cl)c1ccccc1. The summed E-state index contributed by atoms with van der Waals surface area (Å²) >= 11 is 17.7. The zero-order chi connectivity index (χ0) is 14.7. The van der Waals surface area contributed by atoms with Gasteiger partial charge in [-0.25, -0.2) is 0 Å². The average Bonchev–Trinajstić information content (AvgIpc) is 2.43. The molecular formula is C15H9Cl3O2. The smallest absolute Gasteiger partial charge is 0.172 e. The molecule has 0 aliphatic heterocycles. The molecule has 0 fully saturated rings. The Bertz CT molecular complexity index is 666. The van der Waals surface area contributed by atoms with Crippen molar-refractivity contribution in [3.8, 4) is 0 Å². The molecule has 20 heavy (non-hydrogen) atoms. The fourth-order valence-corrected chi connectivity index (χ4v) is 2.43. The Morgan fingerprint density at radius 2 is 1.55 bits per heavy atom. The van der Waals surface area contributed by atoms with Crippen LogP contribution in [0.1, 0.15) is 27.1 Å². The summed E-state index contributed by atoms with van der Waals surface area (Å²) < 4.78 is 0. The number of ketones is 2. The van der Waals surface area contributed by atoms with E-state index in [0.717, 1.165) is 0 Å². The van der Waals surface area contributed by atoms with Crippen LogP contribution >= 0.6 is 34.8 Å². The molecule has 0 radical (unpaired) electrons. The van der Waals surface area contributed by atoms with Gasteiger partial charge < -0.3 is 0 Å². The van der Waals surface area contributed by atoms with Gasteiger partial charge in [-0.3, -0.25) is 9.59 Å². The molecule has 102 valence electrons. The predicted octanol–water partition coefficient (Wildman–Crippen LogP) is 5.10. The largest absolute Gasteiger partial charge is 0.294 e. The molecule has 0 saturated carbocycles. The maximum Gasteiger partial charge on any atom is 0.172 e. The lowest BCUT2D eigenvalue weighted by Gasteiger charge is -2.06. The van der Waals surface area contributed by atoms with Crippen LogP contribution in [-0.2, 0) is 0 Å². The van der Waals surface area contributed by atoms with Crippen LogP contribution in [0.5, 0.6) is 0 Å².